The lowest BCUT2D eigenvalue weighted by atomic mass is 10.1. The summed E-state index contributed by atoms with van der Waals surface area (Å²) in [4.78, 5) is 23.5. The molecule has 0 aliphatic heterocycles. The number of fused-ring (bicyclic) bond motifs is 1. The van der Waals surface area contributed by atoms with Gasteiger partial charge in [0.1, 0.15) is 11.8 Å². The van der Waals surface area contributed by atoms with Crippen molar-refractivity contribution in [3.8, 4) is 5.75 Å². The first-order valence-electron chi connectivity index (χ1n) is 7.79. The predicted octanol–water partition coefficient (Wildman–Crippen LogP) is 2.25. The number of ether oxygens (including phenoxy) is 1. The molecule has 0 heterocycles. The van der Waals surface area contributed by atoms with Crippen molar-refractivity contribution in [1.29, 1.82) is 0 Å². The van der Waals surface area contributed by atoms with Crippen LogP contribution in [-0.2, 0) is 9.59 Å². The summed E-state index contributed by atoms with van der Waals surface area (Å²) in [6.07, 6.45) is 0.859. The van der Waals surface area contributed by atoms with E-state index in [-0.39, 0.29) is 18.4 Å². The predicted molar refractivity (Wildman–Crippen MR) is 90.3 cm³/mol. The fraction of sp³-hybridized carbons (Fsp3) is 0.333. The molecule has 2 rings (SSSR count). The van der Waals surface area contributed by atoms with Crippen LogP contribution in [0.2, 0.25) is 0 Å². The number of carbonyl (C=O) groups is 2. The van der Waals surface area contributed by atoms with E-state index in [1.807, 2.05) is 49.4 Å². The van der Waals surface area contributed by atoms with Gasteiger partial charge in [-0.15, -0.1) is 0 Å². The molecule has 0 aliphatic carbocycles. The van der Waals surface area contributed by atoms with Crippen LogP contribution in [0.5, 0.6) is 5.75 Å². The Labute approximate surface area is 136 Å². The zero-order chi connectivity index (χ0) is 16.7. The molecule has 0 fully saturated rings. The van der Waals surface area contributed by atoms with Gasteiger partial charge in [-0.3, -0.25) is 9.59 Å². The van der Waals surface area contributed by atoms with Crippen molar-refractivity contribution in [2.24, 2.45) is 0 Å². The second kappa shape index (κ2) is 8.17. The second-order valence-electron chi connectivity index (χ2n) is 5.38. The van der Waals surface area contributed by atoms with Crippen molar-refractivity contribution in [2.45, 2.75) is 26.3 Å². The lowest BCUT2D eigenvalue weighted by molar-refractivity contribution is -0.129. The molecular formula is C18H22N2O3. The molecule has 23 heavy (non-hydrogen) atoms. The molecule has 0 aliphatic rings. The molecule has 2 aromatic carbocycles. The van der Waals surface area contributed by atoms with Crippen LogP contribution in [-0.4, -0.2) is 31.0 Å². The Bertz CT molecular complexity index is 685. The first-order valence-corrected chi connectivity index (χ1v) is 7.79. The molecule has 0 bridgehead atoms. The molecule has 122 valence electrons. The first kappa shape index (κ1) is 16.8. The molecule has 5 nitrogen and oxygen atoms in total. The molecular weight excluding hydrogens is 292 g/mol. The van der Waals surface area contributed by atoms with Gasteiger partial charge >= 0.3 is 0 Å². The SMILES string of the molecule is CCCNC(=O)[C@@H](C)NC(=O)COc1ccc2ccccc2c1. The van der Waals surface area contributed by atoms with Crippen LogP contribution in [0.1, 0.15) is 20.3 Å². The molecule has 0 radical (unpaired) electrons. The van der Waals surface area contributed by atoms with Crippen molar-refractivity contribution in [2.75, 3.05) is 13.2 Å². The summed E-state index contributed by atoms with van der Waals surface area (Å²) >= 11 is 0. The van der Waals surface area contributed by atoms with Gasteiger partial charge in [0.15, 0.2) is 6.61 Å². The molecule has 2 aromatic rings. The highest BCUT2D eigenvalue weighted by Gasteiger charge is 2.15. The summed E-state index contributed by atoms with van der Waals surface area (Å²) in [6.45, 7) is 4.11. The third-order valence-electron chi connectivity index (χ3n) is 3.41. The van der Waals surface area contributed by atoms with Crippen LogP contribution in [0.15, 0.2) is 42.5 Å². The Hall–Kier alpha value is -2.56. The van der Waals surface area contributed by atoms with Gasteiger partial charge in [0.05, 0.1) is 0 Å². The van der Waals surface area contributed by atoms with E-state index in [4.69, 9.17) is 4.74 Å². The van der Waals surface area contributed by atoms with E-state index in [9.17, 15) is 9.59 Å². The minimum absolute atomic E-state index is 0.121. The summed E-state index contributed by atoms with van der Waals surface area (Å²) < 4.78 is 5.49. The fourth-order valence-corrected chi connectivity index (χ4v) is 2.16. The number of amides is 2. The quantitative estimate of drug-likeness (QED) is 0.823. The summed E-state index contributed by atoms with van der Waals surface area (Å²) in [5.41, 5.74) is 0. The van der Waals surface area contributed by atoms with Crippen LogP contribution in [0, 0.1) is 0 Å². The van der Waals surface area contributed by atoms with Crippen LogP contribution in [0.4, 0.5) is 0 Å². The van der Waals surface area contributed by atoms with Gasteiger partial charge in [0, 0.05) is 6.54 Å². The monoisotopic (exact) mass is 314 g/mol. The van der Waals surface area contributed by atoms with E-state index in [0.29, 0.717) is 12.3 Å². The van der Waals surface area contributed by atoms with Crippen LogP contribution in [0.25, 0.3) is 10.8 Å². The van der Waals surface area contributed by atoms with E-state index in [2.05, 4.69) is 10.6 Å². The first-order chi connectivity index (χ1) is 11.1. The van der Waals surface area contributed by atoms with Gasteiger partial charge in [-0.2, -0.15) is 0 Å². The Morgan fingerprint density at radius 2 is 1.87 bits per heavy atom. The lowest BCUT2D eigenvalue weighted by Gasteiger charge is -2.14. The van der Waals surface area contributed by atoms with Gasteiger partial charge < -0.3 is 15.4 Å². The van der Waals surface area contributed by atoms with Crippen LogP contribution < -0.4 is 15.4 Å². The Kier molecular flexibility index (Phi) is 5.97. The molecule has 0 unspecified atom stereocenters. The number of nitrogens with one attached hydrogen (secondary N) is 2. The smallest absolute Gasteiger partial charge is 0.258 e. The van der Waals surface area contributed by atoms with Gasteiger partial charge in [0.25, 0.3) is 5.91 Å². The highest BCUT2D eigenvalue weighted by molar-refractivity contribution is 5.88. The third kappa shape index (κ3) is 4.98. The molecule has 2 amide bonds. The molecule has 0 spiro atoms. The summed E-state index contributed by atoms with van der Waals surface area (Å²) in [6, 6.07) is 13.0. The fourth-order valence-electron chi connectivity index (χ4n) is 2.16. The molecule has 0 saturated heterocycles. The standard InChI is InChI=1S/C18H22N2O3/c1-3-10-19-18(22)13(2)20-17(21)12-23-16-9-8-14-6-4-5-7-15(14)11-16/h4-9,11,13H,3,10,12H2,1-2H3,(H,19,22)(H,20,21)/t13-/m1/s1. The molecule has 1 atom stereocenters. The maximum absolute atomic E-state index is 11.9. The van der Waals surface area contributed by atoms with Crippen molar-refractivity contribution in [3.05, 3.63) is 42.5 Å². The van der Waals surface area contributed by atoms with E-state index in [0.717, 1.165) is 17.2 Å². The summed E-state index contributed by atoms with van der Waals surface area (Å²) in [5.74, 6) is 0.116. The maximum Gasteiger partial charge on any atom is 0.258 e. The minimum atomic E-state index is -0.575. The maximum atomic E-state index is 11.9. The van der Waals surface area contributed by atoms with E-state index in [1.54, 1.807) is 6.92 Å². The number of rotatable bonds is 7. The number of benzene rings is 2. The highest BCUT2D eigenvalue weighted by atomic mass is 16.5. The van der Waals surface area contributed by atoms with Crippen molar-refractivity contribution in [3.63, 3.8) is 0 Å². The number of hydrogen-bond donors (Lipinski definition) is 2. The number of hydrogen-bond acceptors (Lipinski definition) is 3. The average Bonchev–Trinajstić information content (AvgIpc) is 2.57. The zero-order valence-electron chi connectivity index (χ0n) is 13.5. The van der Waals surface area contributed by atoms with Crippen molar-refractivity contribution >= 4 is 22.6 Å². The topological polar surface area (TPSA) is 67.4 Å². The zero-order valence-corrected chi connectivity index (χ0v) is 13.5. The normalized spacial score (nSPS) is 11.7. The highest BCUT2D eigenvalue weighted by Crippen LogP contribution is 2.20. The Morgan fingerprint density at radius 3 is 2.61 bits per heavy atom. The Morgan fingerprint density at radius 1 is 1.13 bits per heavy atom. The number of carbonyl (C=O) groups excluding carboxylic acids is 2. The van der Waals surface area contributed by atoms with Gasteiger partial charge in [-0.25, -0.2) is 0 Å². The van der Waals surface area contributed by atoms with E-state index < -0.39 is 6.04 Å². The second-order valence-corrected chi connectivity index (χ2v) is 5.38. The van der Waals surface area contributed by atoms with Gasteiger partial charge in [-0.1, -0.05) is 37.3 Å². The molecule has 0 saturated carbocycles. The molecule has 2 N–H and O–H groups in total. The summed E-state index contributed by atoms with van der Waals surface area (Å²) in [7, 11) is 0. The third-order valence-corrected chi connectivity index (χ3v) is 3.41. The van der Waals surface area contributed by atoms with Gasteiger partial charge in [-0.05, 0) is 36.2 Å². The molecule has 5 heteroatoms. The molecule has 0 aromatic heterocycles. The van der Waals surface area contributed by atoms with Crippen LogP contribution in [0.3, 0.4) is 0 Å². The Balaban J connectivity index is 1.84. The van der Waals surface area contributed by atoms with E-state index in [1.165, 1.54) is 0 Å². The summed E-state index contributed by atoms with van der Waals surface area (Å²) in [5, 5.41) is 7.53. The van der Waals surface area contributed by atoms with Gasteiger partial charge in [0.2, 0.25) is 5.91 Å². The lowest BCUT2D eigenvalue weighted by Crippen LogP contribution is -2.46. The van der Waals surface area contributed by atoms with Crippen molar-refractivity contribution in [1.82, 2.24) is 10.6 Å². The van der Waals surface area contributed by atoms with Crippen LogP contribution >= 0.6 is 0 Å². The van der Waals surface area contributed by atoms with E-state index >= 15 is 0 Å². The largest absolute Gasteiger partial charge is 0.484 e. The average molecular weight is 314 g/mol. The van der Waals surface area contributed by atoms with Crippen molar-refractivity contribution < 1.29 is 14.3 Å². The minimum Gasteiger partial charge on any atom is -0.484 e.